The summed E-state index contributed by atoms with van der Waals surface area (Å²) in [5.41, 5.74) is -0.0687. The standard InChI is InChI=1S/C11H25NO2/c1-9(2)12-8-10(3,4)11(5,13-6)14-7/h9,12H,8H2,1-7H3. The van der Waals surface area contributed by atoms with Gasteiger partial charge in [-0.1, -0.05) is 27.7 Å². The molecule has 0 aliphatic rings. The van der Waals surface area contributed by atoms with E-state index in [1.54, 1.807) is 14.2 Å². The van der Waals surface area contributed by atoms with Gasteiger partial charge in [0, 0.05) is 32.2 Å². The minimum atomic E-state index is -0.547. The highest BCUT2D eigenvalue weighted by Gasteiger charge is 2.41. The van der Waals surface area contributed by atoms with E-state index in [1.165, 1.54) is 0 Å². The Labute approximate surface area is 88.2 Å². The van der Waals surface area contributed by atoms with Gasteiger partial charge in [-0.05, 0) is 6.92 Å². The maximum Gasteiger partial charge on any atom is 0.170 e. The lowest BCUT2D eigenvalue weighted by Gasteiger charge is -2.42. The molecule has 0 rings (SSSR count). The summed E-state index contributed by atoms with van der Waals surface area (Å²) in [4.78, 5) is 0. The molecule has 0 aromatic heterocycles. The third kappa shape index (κ3) is 3.23. The molecule has 0 aliphatic heterocycles. The van der Waals surface area contributed by atoms with E-state index >= 15 is 0 Å². The summed E-state index contributed by atoms with van der Waals surface area (Å²) in [7, 11) is 3.36. The Morgan fingerprint density at radius 3 is 1.79 bits per heavy atom. The van der Waals surface area contributed by atoms with Gasteiger partial charge in [0.2, 0.25) is 0 Å². The van der Waals surface area contributed by atoms with Crippen LogP contribution in [-0.4, -0.2) is 32.6 Å². The molecule has 0 saturated carbocycles. The number of hydrogen-bond donors (Lipinski definition) is 1. The van der Waals surface area contributed by atoms with Crippen LogP contribution < -0.4 is 5.32 Å². The van der Waals surface area contributed by atoms with Crippen LogP contribution in [0.25, 0.3) is 0 Å². The molecule has 0 bridgehead atoms. The maximum absolute atomic E-state index is 5.42. The van der Waals surface area contributed by atoms with Crippen LogP contribution in [0.4, 0.5) is 0 Å². The monoisotopic (exact) mass is 203 g/mol. The molecule has 0 radical (unpaired) electrons. The summed E-state index contributed by atoms with van der Waals surface area (Å²) in [5, 5.41) is 3.40. The van der Waals surface area contributed by atoms with E-state index in [0.717, 1.165) is 6.54 Å². The van der Waals surface area contributed by atoms with Gasteiger partial charge in [0.15, 0.2) is 5.79 Å². The van der Waals surface area contributed by atoms with Gasteiger partial charge in [-0.25, -0.2) is 0 Å². The molecular formula is C11H25NO2. The molecule has 0 unspecified atom stereocenters. The summed E-state index contributed by atoms with van der Waals surface area (Å²) in [6, 6.07) is 0.479. The number of rotatable bonds is 6. The van der Waals surface area contributed by atoms with Crippen LogP contribution in [0.5, 0.6) is 0 Å². The molecule has 86 valence electrons. The van der Waals surface area contributed by atoms with Gasteiger partial charge < -0.3 is 14.8 Å². The molecule has 3 nitrogen and oxygen atoms in total. The minimum absolute atomic E-state index is 0.0687. The number of nitrogens with one attached hydrogen (secondary N) is 1. The lowest BCUT2D eigenvalue weighted by Crippen LogP contribution is -2.51. The fourth-order valence-corrected chi connectivity index (χ4v) is 1.26. The predicted octanol–water partition coefficient (Wildman–Crippen LogP) is 2.02. The molecule has 3 heteroatoms. The highest BCUT2D eigenvalue weighted by molar-refractivity contribution is 4.85. The van der Waals surface area contributed by atoms with Crippen molar-refractivity contribution in [1.82, 2.24) is 5.32 Å². The summed E-state index contributed by atoms with van der Waals surface area (Å²) in [6.07, 6.45) is 0. The fourth-order valence-electron chi connectivity index (χ4n) is 1.26. The molecule has 0 spiro atoms. The van der Waals surface area contributed by atoms with E-state index in [1.807, 2.05) is 6.92 Å². The highest BCUT2D eigenvalue weighted by atomic mass is 16.7. The quantitative estimate of drug-likeness (QED) is 0.670. The van der Waals surface area contributed by atoms with Crippen LogP contribution in [0.3, 0.4) is 0 Å². The van der Waals surface area contributed by atoms with E-state index in [2.05, 4.69) is 33.0 Å². The number of ether oxygens (including phenoxy) is 2. The molecule has 0 saturated heterocycles. The van der Waals surface area contributed by atoms with Crippen molar-refractivity contribution in [2.75, 3.05) is 20.8 Å². The zero-order valence-electron chi connectivity index (χ0n) is 10.6. The zero-order chi connectivity index (χ0) is 11.4. The topological polar surface area (TPSA) is 30.5 Å². The van der Waals surface area contributed by atoms with E-state index in [-0.39, 0.29) is 5.41 Å². The van der Waals surface area contributed by atoms with Crippen molar-refractivity contribution in [3.63, 3.8) is 0 Å². The normalized spacial score (nSPS) is 13.7. The lowest BCUT2D eigenvalue weighted by atomic mass is 9.83. The Balaban J connectivity index is 4.41. The highest BCUT2D eigenvalue weighted by Crippen LogP contribution is 2.33. The SMILES string of the molecule is COC(C)(OC)C(C)(C)CNC(C)C. The summed E-state index contributed by atoms with van der Waals surface area (Å²) in [5.74, 6) is -0.547. The summed E-state index contributed by atoms with van der Waals surface area (Å²) >= 11 is 0. The average molecular weight is 203 g/mol. The van der Waals surface area contributed by atoms with Gasteiger partial charge in [0.1, 0.15) is 0 Å². The van der Waals surface area contributed by atoms with Gasteiger partial charge in [0.05, 0.1) is 0 Å². The van der Waals surface area contributed by atoms with Crippen molar-refractivity contribution in [3.8, 4) is 0 Å². The van der Waals surface area contributed by atoms with Crippen LogP contribution in [-0.2, 0) is 9.47 Å². The molecule has 1 N–H and O–H groups in total. The van der Waals surface area contributed by atoms with Crippen LogP contribution in [0.2, 0.25) is 0 Å². The Morgan fingerprint density at radius 1 is 1.07 bits per heavy atom. The summed E-state index contributed by atoms with van der Waals surface area (Å²) < 4.78 is 10.8. The molecule has 14 heavy (non-hydrogen) atoms. The van der Waals surface area contributed by atoms with Crippen LogP contribution >= 0.6 is 0 Å². The van der Waals surface area contributed by atoms with Crippen molar-refractivity contribution in [1.29, 1.82) is 0 Å². The largest absolute Gasteiger partial charge is 0.353 e. The van der Waals surface area contributed by atoms with Crippen molar-refractivity contribution in [3.05, 3.63) is 0 Å². The fraction of sp³-hybridized carbons (Fsp3) is 1.00. The van der Waals surface area contributed by atoms with E-state index in [9.17, 15) is 0 Å². The van der Waals surface area contributed by atoms with Gasteiger partial charge in [-0.3, -0.25) is 0 Å². The zero-order valence-corrected chi connectivity index (χ0v) is 10.6. The molecular weight excluding hydrogens is 178 g/mol. The Kier molecular flexibility index (Phi) is 5.06. The number of hydrogen-bond acceptors (Lipinski definition) is 3. The van der Waals surface area contributed by atoms with Gasteiger partial charge >= 0.3 is 0 Å². The molecule has 0 heterocycles. The first-order valence-corrected chi connectivity index (χ1v) is 5.13. The first-order chi connectivity index (χ1) is 6.29. The van der Waals surface area contributed by atoms with Crippen molar-refractivity contribution in [2.45, 2.75) is 46.4 Å². The third-order valence-corrected chi connectivity index (χ3v) is 2.96. The van der Waals surface area contributed by atoms with Gasteiger partial charge in [-0.15, -0.1) is 0 Å². The van der Waals surface area contributed by atoms with Crippen LogP contribution in [0.1, 0.15) is 34.6 Å². The Bertz CT molecular complexity index is 163. The van der Waals surface area contributed by atoms with Gasteiger partial charge in [-0.2, -0.15) is 0 Å². The van der Waals surface area contributed by atoms with Crippen LogP contribution in [0.15, 0.2) is 0 Å². The Hall–Kier alpha value is -0.120. The second kappa shape index (κ2) is 5.10. The molecule has 0 aliphatic carbocycles. The van der Waals surface area contributed by atoms with Crippen molar-refractivity contribution < 1.29 is 9.47 Å². The maximum atomic E-state index is 5.42. The van der Waals surface area contributed by atoms with E-state index in [4.69, 9.17) is 9.47 Å². The lowest BCUT2D eigenvalue weighted by molar-refractivity contribution is -0.254. The minimum Gasteiger partial charge on any atom is -0.353 e. The number of methoxy groups -OCH3 is 2. The average Bonchev–Trinajstić information content (AvgIpc) is 2.13. The second-order valence-corrected chi connectivity index (χ2v) is 4.77. The summed E-state index contributed by atoms with van der Waals surface area (Å²) in [6.45, 7) is 11.4. The van der Waals surface area contributed by atoms with Crippen LogP contribution in [0, 0.1) is 5.41 Å². The molecule has 0 amide bonds. The molecule has 0 aromatic carbocycles. The first-order valence-electron chi connectivity index (χ1n) is 5.13. The first kappa shape index (κ1) is 13.9. The molecule has 0 fully saturated rings. The Morgan fingerprint density at radius 2 is 1.50 bits per heavy atom. The third-order valence-electron chi connectivity index (χ3n) is 2.96. The predicted molar refractivity (Wildman–Crippen MR) is 59.3 cm³/mol. The molecule has 0 aromatic rings. The second-order valence-electron chi connectivity index (χ2n) is 4.77. The van der Waals surface area contributed by atoms with E-state index < -0.39 is 5.79 Å². The van der Waals surface area contributed by atoms with Crippen molar-refractivity contribution >= 4 is 0 Å². The van der Waals surface area contributed by atoms with Gasteiger partial charge in [0.25, 0.3) is 0 Å². The smallest absolute Gasteiger partial charge is 0.170 e. The van der Waals surface area contributed by atoms with E-state index in [0.29, 0.717) is 6.04 Å². The molecule has 0 atom stereocenters. The van der Waals surface area contributed by atoms with Crippen molar-refractivity contribution in [2.24, 2.45) is 5.41 Å².